The number of anilines is 1. The summed E-state index contributed by atoms with van der Waals surface area (Å²) in [5, 5.41) is 15.5. The standard InChI is InChI=1S/C21H25N5O3S/c1-2-26-20(28)18(15-24-16-6-4-3-5-7-16)30-21(26)17(14-22)19(27)23-8-9-25-10-12-29-13-11-25/h3-7,15,24H,2,8-13H2,1H3,(H,23,27)/b18-15+,21-17-. The van der Waals surface area contributed by atoms with Crippen molar-refractivity contribution in [3.8, 4) is 6.07 Å². The van der Waals surface area contributed by atoms with Crippen LogP contribution in [0.3, 0.4) is 0 Å². The van der Waals surface area contributed by atoms with Crippen LogP contribution in [0.2, 0.25) is 0 Å². The van der Waals surface area contributed by atoms with E-state index in [1.807, 2.05) is 43.3 Å². The number of para-hydroxylation sites is 1. The second-order valence-corrected chi connectivity index (χ2v) is 7.70. The van der Waals surface area contributed by atoms with E-state index in [1.165, 1.54) is 4.57 Å². The zero-order valence-corrected chi connectivity index (χ0v) is 17.7. The number of benzene rings is 1. The molecule has 0 aliphatic carbocycles. The molecular weight excluding hydrogens is 402 g/mol. The zero-order chi connectivity index (χ0) is 21.3. The van der Waals surface area contributed by atoms with Gasteiger partial charge in [-0.1, -0.05) is 18.2 Å². The first-order valence-electron chi connectivity index (χ1n) is 9.88. The van der Waals surface area contributed by atoms with Crippen molar-refractivity contribution < 1.29 is 9.53 Å². The van der Waals surface area contributed by atoms with Crippen LogP contribution in [0.1, 0.15) is 6.92 Å². The molecule has 0 atom stereocenters. The van der Waals surface area contributed by atoms with Gasteiger partial charge in [-0.2, -0.15) is 5.26 Å². The van der Waals surface area contributed by atoms with Crippen LogP contribution < -0.4 is 25.4 Å². The molecule has 3 rings (SSSR count). The quantitative estimate of drug-likeness (QED) is 0.640. The van der Waals surface area contributed by atoms with Gasteiger partial charge in [0.05, 0.1) is 13.2 Å². The Morgan fingerprint density at radius 2 is 2.03 bits per heavy atom. The van der Waals surface area contributed by atoms with Crippen LogP contribution in [0.15, 0.2) is 35.1 Å². The van der Waals surface area contributed by atoms with Crippen LogP contribution >= 0.6 is 11.3 Å². The number of nitrogens with zero attached hydrogens (tertiary/aromatic N) is 3. The number of carbonyl (C=O) groups is 1. The summed E-state index contributed by atoms with van der Waals surface area (Å²) < 4.78 is 7.58. The Morgan fingerprint density at radius 3 is 2.70 bits per heavy atom. The van der Waals surface area contributed by atoms with Gasteiger partial charge in [0.1, 0.15) is 15.3 Å². The number of carbonyl (C=O) groups excluding carboxylic acids is 1. The third-order valence-corrected chi connectivity index (χ3v) is 5.87. The number of nitrogens with one attached hydrogen (secondary N) is 2. The highest BCUT2D eigenvalue weighted by Crippen LogP contribution is 2.04. The predicted octanol–water partition coefficient (Wildman–Crippen LogP) is -0.0975. The fourth-order valence-electron chi connectivity index (χ4n) is 3.11. The van der Waals surface area contributed by atoms with Crippen molar-refractivity contribution in [2.45, 2.75) is 13.5 Å². The molecular formula is C21H25N5O3S. The van der Waals surface area contributed by atoms with Crippen molar-refractivity contribution in [3.05, 3.63) is 49.9 Å². The van der Waals surface area contributed by atoms with Gasteiger partial charge in [0.2, 0.25) is 0 Å². The summed E-state index contributed by atoms with van der Waals surface area (Å²) in [6.07, 6.45) is 1.61. The molecule has 1 aliphatic heterocycles. The Bertz CT molecular complexity index is 1080. The summed E-state index contributed by atoms with van der Waals surface area (Å²) in [6.45, 7) is 6.36. The molecule has 9 heteroatoms. The van der Waals surface area contributed by atoms with Gasteiger partial charge in [-0.25, -0.2) is 0 Å². The monoisotopic (exact) mass is 427 g/mol. The van der Waals surface area contributed by atoms with Gasteiger partial charge in [-0.3, -0.25) is 19.1 Å². The third-order valence-electron chi connectivity index (χ3n) is 4.74. The molecule has 1 saturated heterocycles. The molecule has 8 nitrogen and oxygen atoms in total. The number of amides is 1. The number of rotatable bonds is 7. The molecule has 2 N–H and O–H groups in total. The largest absolute Gasteiger partial charge is 0.379 e. The van der Waals surface area contributed by atoms with E-state index in [9.17, 15) is 14.9 Å². The summed E-state index contributed by atoms with van der Waals surface area (Å²) in [6, 6.07) is 11.4. The highest BCUT2D eigenvalue weighted by Gasteiger charge is 2.16. The first-order valence-corrected chi connectivity index (χ1v) is 10.7. The molecule has 1 fully saturated rings. The van der Waals surface area contributed by atoms with Gasteiger partial charge in [0, 0.05) is 44.6 Å². The maximum Gasteiger partial charge on any atom is 0.270 e. The Kier molecular flexibility index (Phi) is 7.79. The molecule has 1 amide bonds. The van der Waals surface area contributed by atoms with E-state index >= 15 is 0 Å². The molecule has 1 aromatic carbocycles. The topological polar surface area (TPSA) is 99.4 Å². The number of nitriles is 1. The summed E-state index contributed by atoms with van der Waals surface area (Å²) in [7, 11) is 0. The highest BCUT2D eigenvalue weighted by molar-refractivity contribution is 7.07. The minimum atomic E-state index is -0.461. The maximum atomic E-state index is 12.7. The fourth-order valence-corrected chi connectivity index (χ4v) is 4.20. The minimum absolute atomic E-state index is 0.0414. The van der Waals surface area contributed by atoms with Crippen LogP contribution in [-0.2, 0) is 16.1 Å². The first kappa shape index (κ1) is 21.8. The predicted molar refractivity (Wildman–Crippen MR) is 117 cm³/mol. The molecule has 158 valence electrons. The summed E-state index contributed by atoms with van der Waals surface area (Å²) in [5.74, 6) is -0.461. The lowest BCUT2D eigenvalue weighted by atomic mass is 10.3. The average Bonchev–Trinajstić information content (AvgIpc) is 3.09. The molecule has 0 spiro atoms. The van der Waals surface area contributed by atoms with E-state index in [4.69, 9.17) is 4.74 Å². The van der Waals surface area contributed by atoms with Crippen molar-refractivity contribution >= 4 is 34.7 Å². The van der Waals surface area contributed by atoms with E-state index in [1.54, 1.807) is 6.20 Å². The molecule has 0 saturated carbocycles. The van der Waals surface area contributed by atoms with Crippen LogP contribution in [-0.4, -0.2) is 54.8 Å². The van der Waals surface area contributed by atoms with Gasteiger partial charge in [-0.05, 0) is 19.1 Å². The molecule has 1 aromatic heterocycles. The highest BCUT2D eigenvalue weighted by atomic mass is 32.1. The van der Waals surface area contributed by atoms with E-state index in [0.29, 0.717) is 42.0 Å². The lowest BCUT2D eigenvalue weighted by molar-refractivity contribution is -0.115. The van der Waals surface area contributed by atoms with Gasteiger partial charge in [0.25, 0.3) is 11.5 Å². The Morgan fingerprint density at radius 1 is 1.30 bits per heavy atom. The summed E-state index contributed by atoms with van der Waals surface area (Å²) in [4.78, 5) is 27.6. The second kappa shape index (κ2) is 10.7. The second-order valence-electron chi connectivity index (χ2n) is 6.67. The van der Waals surface area contributed by atoms with Crippen molar-refractivity contribution in [1.29, 1.82) is 5.26 Å². The maximum absolute atomic E-state index is 12.7. The van der Waals surface area contributed by atoms with Gasteiger partial charge in [0.15, 0.2) is 5.57 Å². The fraction of sp³-hybridized carbons (Fsp3) is 0.381. The van der Waals surface area contributed by atoms with Crippen molar-refractivity contribution in [2.24, 2.45) is 0 Å². The third kappa shape index (κ3) is 5.36. The number of thiazole rings is 1. The number of hydrogen-bond acceptors (Lipinski definition) is 7. The molecule has 0 radical (unpaired) electrons. The zero-order valence-electron chi connectivity index (χ0n) is 16.9. The molecule has 30 heavy (non-hydrogen) atoms. The number of morpholine rings is 1. The number of ether oxygens (including phenoxy) is 1. The lowest BCUT2D eigenvalue weighted by Crippen LogP contribution is -2.42. The van der Waals surface area contributed by atoms with Crippen molar-refractivity contribution in [2.75, 3.05) is 44.7 Å². The first-order chi connectivity index (χ1) is 14.6. The van der Waals surface area contributed by atoms with E-state index in [0.717, 1.165) is 30.1 Å². The SMILES string of the molecule is CCn1c(=O)/c(=C\Nc2ccccc2)s/c1=C(/C#N)C(=O)NCCN1CCOCC1. The Hall–Kier alpha value is -2.93. The molecule has 2 aromatic rings. The van der Waals surface area contributed by atoms with E-state index in [2.05, 4.69) is 15.5 Å². The molecule has 0 unspecified atom stereocenters. The molecule has 1 aliphatic rings. The van der Waals surface area contributed by atoms with Crippen LogP contribution in [0.5, 0.6) is 0 Å². The Labute approximate surface area is 178 Å². The van der Waals surface area contributed by atoms with Crippen LogP contribution in [0.4, 0.5) is 5.69 Å². The van der Waals surface area contributed by atoms with E-state index in [-0.39, 0.29) is 11.1 Å². The van der Waals surface area contributed by atoms with Gasteiger partial charge < -0.3 is 15.4 Å². The normalized spacial score (nSPS) is 16.1. The van der Waals surface area contributed by atoms with Gasteiger partial charge in [-0.15, -0.1) is 11.3 Å². The molecule has 0 bridgehead atoms. The van der Waals surface area contributed by atoms with Crippen LogP contribution in [0, 0.1) is 11.3 Å². The Balaban J connectivity index is 1.82. The minimum Gasteiger partial charge on any atom is -0.379 e. The van der Waals surface area contributed by atoms with Crippen molar-refractivity contribution in [1.82, 2.24) is 14.8 Å². The number of hydrogen-bond donors (Lipinski definition) is 2. The summed E-state index contributed by atoms with van der Waals surface area (Å²) >= 11 is 1.14. The van der Waals surface area contributed by atoms with Gasteiger partial charge >= 0.3 is 0 Å². The smallest absolute Gasteiger partial charge is 0.270 e. The van der Waals surface area contributed by atoms with Crippen molar-refractivity contribution in [3.63, 3.8) is 0 Å². The average molecular weight is 428 g/mol. The van der Waals surface area contributed by atoms with E-state index < -0.39 is 5.91 Å². The lowest BCUT2D eigenvalue weighted by Gasteiger charge is -2.26. The summed E-state index contributed by atoms with van der Waals surface area (Å²) in [5.41, 5.74) is 0.579. The molecule has 2 heterocycles. The van der Waals surface area contributed by atoms with Crippen LogP contribution in [0.25, 0.3) is 11.8 Å². The number of aromatic nitrogens is 1.